The van der Waals surface area contributed by atoms with E-state index in [4.69, 9.17) is 0 Å². The average molecular weight is 508 g/mol. The maximum absolute atomic E-state index is 14.2. The molecule has 2 unspecified atom stereocenters. The molecule has 2 aromatic carbocycles. The number of nitrogens with one attached hydrogen (secondary N) is 2. The third kappa shape index (κ3) is 4.10. The van der Waals surface area contributed by atoms with Crippen molar-refractivity contribution < 1.29 is 19.5 Å². The highest BCUT2D eigenvalue weighted by Crippen LogP contribution is 2.67. The van der Waals surface area contributed by atoms with Gasteiger partial charge in [0.15, 0.2) is 0 Å². The molecule has 3 fully saturated rings. The Bertz CT molecular complexity index is 1150. The number of anilines is 1. The summed E-state index contributed by atoms with van der Waals surface area (Å²) in [6, 6.07) is 17.1. The molecule has 3 N–H and O–H groups in total. The van der Waals surface area contributed by atoms with Crippen LogP contribution in [0.15, 0.2) is 60.7 Å². The molecule has 3 heterocycles. The van der Waals surface area contributed by atoms with Crippen LogP contribution in [0.25, 0.3) is 0 Å². The summed E-state index contributed by atoms with van der Waals surface area (Å²) in [7, 11) is 0. The molecule has 3 amide bonds. The SMILES string of the molecule is CC(C)(C)NC(=O)C1N([C@H](CO)c2ccccc2)C(=O)[C@@H]2[C@@H](C(=O)Nc3ccccc3)[C@H]3CCC12S3. The second-order valence-electron chi connectivity index (χ2n) is 11.0. The number of para-hydroxylation sites is 1. The lowest BCUT2D eigenvalue weighted by Gasteiger charge is -2.38. The summed E-state index contributed by atoms with van der Waals surface area (Å²) in [5.41, 5.74) is 0.960. The van der Waals surface area contributed by atoms with E-state index in [1.807, 2.05) is 81.4 Å². The zero-order valence-electron chi connectivity index (χ0n) is 20.8. The Hall–Kier alpha value is -2.84. The lowest BCUT2D eigenvalue weighted by atomic mass is 9.70. The molecule has 5 rings (SSSR count). The van der Waals surface area contributed by atoms with Crippen LogP contribution in [-0.2, 0) is 14.4 Å². The summed E-state index contributed by atoms with van der Waals surface area (Å²) in [5, 5.41) is 16.5. The van der Waals surface area contributed by atoms with Gasteiger partial charge in [-0.05, 0) is 51.3 Å². The summed E-state index contributed by atoms with van der Waals surface area (Å²) in [6.45, 7) is 5.43. The third-order valence-electron chi connectivity index (χ3n) is 7.52. The van der Waals surface area contributed by atoms with Crippen molar-refractivity contribution in [3.05, 3.63) is 66.2 Å². The van der Waals surface area contributed by atoms with Gasteiger partial charge in [0.2, 0.25) is 17.7 Å². The molecular weight excluding hydrogens is 474 g/mol. The number of aliphatic hydroxyl groups is 1. The Morgan fingerprint density at radius 2 is 1.72 bits per heavy atom. The van der Waals surface area contributed by atoms with Crippen molar-refractivity contribution in [1.82, 2.24) is 10.2 Å². The number of carbonyl (C=O) groups is 3. The smallest absolute Gasteiger partial charge is 0.244 e. The average Bonchev–Trinajstić information content (AvgIpc) is 3.48. The molecule has 36 heavy (non-hydrogen) atoms. The van der Waals surface area contributed by atoms with E-state index >= 15 is 0 Å². The lowest BCUT2D eigenvalue weighted by molar-refractivity contribution is -0.142. The molecule has 0 aliphatic carbocycles. The van der Waals surface area contributed by atoms with Crippen molar-refractivity contribution in [2.24, 2.45) is 11.8 Å². The first-order valence-corrected chi connectivity index (χ1v) is 13.4. The molecule has 3 aliphatic rings. The van der Waals surface area contributed by atoms with E-state index in [9.17, 15) is 19.5 Å². The molecule has 190 valence electrons. The standard InChI is InChI=1S/C28H33N3O4S/c1-27(2,3)30-25(34)23-28-15-14-20(36-28)21(24(33)29-18-12-8-5-9-13-18)22(28)26(35)31(23)19(16-32)17-10-6-4-7-11-17/h4-13,19-23,32H,14-16H2,1-3H3,(H,29,33)(H,30,34)/t19-,20-,21+,22+,23?,28?/m1/s1. The van der Waals surface area contributed by atoms with Crippen LogP contribution in [0.3, 0.4) is 0 Å². The van der Waals surface area contributed by atoms with Crippen molar-refractivity contribution in [3.63, 3.8) is 0 Å². The van der Waals surface area contributed by atoms with E-state index in [0.717, 1.165) is 12.0 Å². The topological polar surface area (TPSA) is 98.7 Å². The van der Waals surface area contributed by atoms with E-state index in [1.165, 1.54) is 0 Å². The van der Waals surface area contributed by atoms with Crippen LogP contribution in [0.1, 0.15) is 45.2 Å². The van der Waals surface area contributed by atoms with Gasteiger partial charge in [0.25, 0.3) is 0 Å². The summed E-state index contributed by atoms with van der Waals surface area (Å²) in [5.74, 6) is -1.81. The summed E-state index contributed by atoms with van der Waals surface area (Å²) < 4.78 is -0.710. The largest absolute Gasteiger partial charge is 0.394 e. The highest BCUT2D eigenvalue weighted by atomic mass is 32.2. The predicted octanol–water partition coefficient (Wildman–Crippen LogP) is 3.36. The van der Waals surface area contributed by atoms with Crippen molar-refractivity contribution in [2.75, 3.05) is 11.9 Å². The van der Waals surface area contributed by atoms with Gasteiger partial charge in [-0.2, -0.15) is 0 Å². The number of carbonyl (C=O) groups excluding carboxylic acids is 3. The van der Waals surface area contributed by atoms with Crippen LogP contribution in [0.2, 0.25) is 0 Å². The summed E-state index contributed by atoms with van der Waals surface area (Å²) in [6.07, 6.45) is 1.45. The number of nitrogens with zero attached hydrogens (tertiary/aromatic N) is 1. The third-order valence-corrected chi connectivity index (χ3v) is 9.47. The Labute approximate surface area is 216 Å². The Morgan fingerprint density at radius 1 is 1.08 bits per heavy atom. The maximum atomic E-state index is 14.2. The molecule has 0 aromatic heterocycles. The second-order valence-corrected chi connectivity index (χ2v) is 12.6. The van der Waals surface area contributed by atoms with Gasteiger partial charge in [0.05, 0.1) is 29.2 Å². The number of likely N-dealkylation sites (tertiary alicyclic amines) is 1. The molecule has 2 aromatic rings. The molecule has 3 saturated heterocycles. The van der Waals surface area contributed by atoms with Gasteiger partial charge in [0.1, 0.15) is 6.04 Å². The van der Waals surface area contributed by atoms with Gasteiger partial charge in [-0.15, -0.1) is 11.8 Å². The molecule has 3 aliphatic heterocycles. The van der Waals surface area contributed by atoms with E-state index in [-0.39, 0.29) is 29.6 Å². The number of thioether (sulfide) groups is 1. The number of hydrogen-bond acceptors (Lipinski definition) is 5. The highest BCUT2D eigenvalue weighted by molar-refractivity contribution is 8.02. The maximum Gasteiger partial charge on any atom is 0.244 e. The number of benzene rings is 2. The molecule has 8 heteroatoms. The molecule has 7 nitrogen and oxygen atoms in total. The van der Waals surface area contributed by atoms with Crippen LogP contribution in [0, 0.1) is 11.8 Å². The number of rotatable bonds is 6. The van der Waals surface area contributed by atoms with E-state index in [2.05, 4.69) is 10.6 Å². The minimum atomic E-state index is -0.781. The monoisotopic (exact) mass is 507 g/mol. The van der Waals surface area contributed by atoms with Crippen molar-refractivity contribution >= 4 is 35.2 Å². The van der Waals surface area contributed by atoms with Crippen LogP contribution < -0.4 is 10.6 Å². The lowest BCUT2D eigenvalue weighted by Crippen LogP contribution is -2.57. The summed E-state index contributed by atoms with van der Waals surface area (Å²) in [4.78, 5) is 43.2. The number of hydrogen-bond donors (Lipinski definition) is 3. The Balaban J connectivity index is 1.56. The molecule has 2 bridgehead atoms. The predicted molar refractivity (Wildman–Crippen MR) is 140 cm³/mol. The Kier molecular flexibility index (Phi) is 6.37. The van der Waals surface area contributed by atoms with E-state index in [0.29, 0.717) is 12.1 Å². The number of aliphatic hydroxyl groups excluding tert-OH is 1. The van der Waals surface area contributed by atoms with Gasteiger partial charge < -0.3 is 20.6 Å². The second kappa shape index (κ2) is 9.23. The summed E-state index contributed by atoms with van der Waals surface area (Å²) >= 11 is 1.62. The number of fused-ring (bicyclic) bond motifs is 1. The van der Waals surface area contributed by atoms with Gasteiger partial charge in [0, 0.05) is 16.5 Å². The van der Waals surface area contributed by atoms with Gasteiger partial charge in [-0.1, -0.05) is 48.5 Å². The molecular formula is C28H33N3O4S. The Morgan fingerprint density at radius 3 is 2.33 bits per heavy atom. The normalized spacial score (nSPS) is 29.7. The first kappa shape index (κ1) is 24.8. The van der Waals surface area contributed by atoms with E-state index < -0.39 is 34.2 Å². The number of amides is 3. The highest BCUT2D eigenvalue weighted by Gasteiger charge is 2.74. The van der Waals surface area contributed by atoms with Crippen molar-refractivity contribution in [2.45, 2.75) is 61.2 Å². The van der Waals surface area contributed by atoms with Crippen LogP contribution in [-0.4, -0.2) is 55.9 Å². The fraction of sp³-hybridized carbons (Fsp3) is 0.464. The van der Waals surface area contributed by atoms with Gasteiger partial charge in [-0.3, -0.25) is 14.4 Å². The minimum absolute atomic E-state index is 0.0287. The molecule has 0 saturated carbocycles. The van der Waals surface area contributed by atoms with Crippen LogP contribution >= 0.6 is 11.8 Å². The fourth-order valence-electron chi connectivity index (χ4n) is 6.24. The first-order valence-electron chi connectivity index (χ1n) is 12.5. The minimum Gasteiger partial charge on any atom is -0.394 e. The van der Waals surface area contributed by atoms with Gasteiger partial charge >= 0.3 is 0 Å². The van der Waals surface area contributed by atoms with E-state index in [1.54, 1.807) is 16.7 Å². The van der Waals surface area contributed by atoms with Crippen LogP contribution in [0.4, 0.5) is 5.69 Å². The quantitative estimate of drug-likeness (QED) is 0.557. The molecule has 6 atom stereocenters. The van der Waals surface area contributed by atoms with Gasteiger partial charge in [-0.25, -0.2) is 0 Å². The van der Waals surface area contributed by atoms with Crippen LogP contribution in [0.5, 0.6) is 0 Å². The molecule has 1 spiro atoms. The van der Waals surface area contributed by atoms with Crippen molar-refractivity contribution in [1.29, 1.82) is 0 Å². The zero-order chi connectivity index (χ0) is 25.7. The molecule has 0 radical (unpaired) electrons. The fourth-order valence-corrected chi connectivity index (χ4v) is 8.45. The first-order chi connectivity index (χ1) is 17.2. The van der Waals surface area contributed by atoms with Crippen molar-refractivity contribution in [3.8, 4) is 0 Å². The zero-order valence-corrected chi connectivity index (χ0v) is 21.6.